The number of hydrogen-bond donors (Lipinski definition) is 0. The number of benzene rings is 2. The molecule has 0 atom stereocenters. The summed E-state index contributed by atoms with van der Waals surface area (Å²) in [6, 6.07) is 12.0. The summed E-state index contributed by atoms with van der Waals surface area (Å²) in [4.78, 5) is 12.4. The molecule has 0 spiro atoms. The number of ketones is 1. The maximum absolute atomic E-state index is 12.4. The van der Waals surface area contributed by atoms with Crippen LogP contribution in [-0.4, -0.2) is 20.0 Å². The quantitative estimate of drug-likeness (QED) is 0.612. The van der Waals surface area contributed by atoms with Crippen LogP contribution >= 0.6 is 11.6 Å². The fraction of sp³-hybridized carbons (Fsp3) is 0.111. The van der Waals surface area contributed by atoms with Crippen LogP contribution in [0.4, 0.5) is 0 Å². The van der Waals surface area contributed by atoms with Crippen LogP contribution in [0.15, 0.2) is 42.5 Å². The van der Waals surface area contributed by atoms with Crippen molar-refractivity contribution in [1.82, 2.24) is 0 Å². The molecule has 0 heterocycles. The van der Waals surface area contributed by atoms with Crippen molar-refractivity contribution in [1.29, 1.82) is 5.26 Å². The van der Waals surface area contributed by atoms with Crippen LogP contribution in [0.2, 0.25) is 5.02 Å². The molecular formula is C18H14ClNO3. The Morgan fingerprint density at radius 2 is 1.78 bits per heavy atom. The predicted octanol–water partition coefficient (Wildman–Crippen LogP) is 4.12. The second kappa shape index (κ2) is 7.48. The molecule has 0 bridgehead atoms. The number of nitrogens with zero attached hydrogens (tertiary/aromatic N) is 1. The number of methoxy groups -OCH3 is 2. The minimum atomic E-state index is -0.240. The first kappa shape index (κ1) is 16.6. The molecule has 0 aliphatic carbocycles. The topological polar surface area (TPSA) is 59.3 Å². The molecule has 0 fully saturated rings. The van der Waals surface area contributed by atoms with Gasteiger partial charge in [0.15, 0.2) is 5.78 Å². The van der Waals surface area contributed by atoms with Crippen molar-refractivity contribution in [2.45, 2.75) is 0 Å². The Hall–Kier alpha value is -2.77. The van der Waals surface area contributed by atoms with E-state index in [0.29, 0.717) is 27.6 Å². The number of rotatable bonds is 5. The number of hydrogen-bond acceptors (Lipinski definition) is 4. The van der Waals surface area contributed by atoms with Crippen molar-refractivity contribution in [3.05, 3.63) is 64.2 Å². The van der Waals surface area contributed by atoms with Crippen LogP contribution in [0.25, 0.3) is 6.08 Å². The van der Waals surface area contributed by atoms with E-state index in [4.69, 9.17) is 26.3 Å². The minimum Gasteiger partial charge on any atom is -0.496 e. The first-order valence-electron chi connectivity index (χ1n) is 6.73. The van der Waals surface area contributed by atoms with E-state index in [1.54, 1.807) is 36.4 Å². The summed E-state index contributed by atoms with van der Waals surface area (Å²) in [5, 5.41) is 9.10. The second-order valence-electron chi connectivity index (χ2n) is 4.62. The average molecular weight is 328 g/mol. The predicted molar refractivity (Wildman–Crippen MR) is 89.1 cm³/mol. The highest BCUT2D eigenvalue weighted by Gasteiger charge is 2.14. The highest BCUT2D eigenvalue weighted by Crippen LogP contribution is 2.33. The van der Waals surface area contributed by atoms with E-state index in [0.717, 1.165) is 5.56 Å². The largest absolute Gasteiger partial charge is 0.496 e. The van der Waals surface area contributed by atoms with Crippen LogP contribution in [0.1, 0.15) is 21.5 Å². The lowest BCUT2D eigenvalue weighted by Crippen LogP contribution is -2.00. The summed E-state index contributed by atoms with van der Waals surface area (Å²) >= 11 is 6.07. The standard InChI is InChI=1S/C18H14ClNO3/c1-22-17-10-18(23-2)15(19)9-14(17)16(21)8-7-12-3-5-13(11-20)6-4-12/h3-10H,1-2H3. The number of ether oxygens (including phenoxy) is 2. The number of halogens is 1. The van der Waals surface area contributed by atoms with Crippen molar-refractivity contribution in [3.63, 3.8) is 0 Å². The van der Waals surface area contributed by atoms with Gasteiger partial charge in [-0.15, -0.1) is 0 Å². The fourth-order valence-corrected chi connectivity index (χ4v) is 2.22. The molecule has 0 unspecified atom stereocenters. The van der Waals surface area contributed by atoms with Gasteiger partial charge in [-0.25, -0.2) is 0 Å². The Morgan fingerprint density at radius 1 is 1.13 bits per heavy atom. The molecule has 0 aromatic heterocycles. The Labute approximate surface area is 139 Å². The molecular weight excluding hydrogens is 314 g/mol. The maximum Gasteiger partial charge on any atom is 0.189 e. The summed E-state index contributed by atoms with van der Waals surface area (Å²) in [5.41, 5.74) is 1.73. The average Bonchev–Trinajstić information content (AvgIpc) is 2.59. The molecule has 0 aliphatic rings. The van der Waals surface area contributed by atoms with E-state index < -0.39 is 0 Å². The van der Waals surface area contributed by atoms with E-state index in [1.165, 1.54) is 26.4 Å². The van der Waals surface area contributed by atoms with Gasteiger partial charge in [-0.1, -0.05) is 29.8 Å². The summed E-state index contributed by atoms with van der Waals surface area (Å²) < 4.78 is 10.3. The third kappa shape index (κ3) is 3.91. The molecule has 2 aromatic rings. The lowest BCUT2D eigenvalue weighted by atomic mass is 10.1. The highest BCUT2D eigenvalue weighted by molar-refractivity contribution is 6.32. The van der Waals surface area contributed by atoms with Crippen LogP contribution in [0, 0.1) is 11.3 Å². The zero-order chi connectivity index (χ0) is 16.8. The van der Waals surface area contributed by atoms with Gasteiger partial charge in [0.1, 0.15) is 11.5 Å². The molecule has 0 aliphatic heterocycles. The molecule has 116 valence electrons. The smallest absolute Gasteiger partial charge is 0.189 e. The zero-order valence-corrected chi connectivity index (χ0v) is 13.4. The third-order valence-corrected chi connectivity index (χ3v) is 3.50. The number of nitriles is 1. The zero-order valence-electron chi connectivity index (χ0n) is 12.7. The van der Waals surface area contributed by atoms with E-state index in [-0.39, 0.29) is 5.78 Å². The van der Waals surface area contributed by atoms with E-state index in [1.807, 2.05) is 6.07 Å². The van der Waals surface area contributed by atoms with Gasteiger partial charge in [0.05, 0.1) is 36.4 Å². The summed E-state index contributed by atoms with van der Waals surface area (Å²) in [6.07, 6.45) is 3.10. The van der Waals surface area contributed by atoms with Gasteiger partial charge in [-0.2, -0.15) is 5.26 Å². The van der Waals surface area contributed by atoms with E-state index in [2.05, 4.69) is 0 Å². The molecule has 0 N–H and O–H groups in total. The maximum atomic E-state index is 12.4. The second-order valence-corrected chi connectivity index (χ2v) is 5.03. The minimum absolute atomic E-state index is 0.240. The van der Waals surface area contributed by atoms with Gasteiger partial charge < -0.3 is 9.47 Å². The molecule has 2 aromatic carbocycles. The van der Waals surface area contributed by atoms with Gasteiger partial charge in [-0.05, 0) is 29.8 Å². The Balaban J connectivity index is 2.27. The Bertz CT molecular complexity index is 789. The SMILES string of the molecule is COc1cc(OC)c(C(=O)C=Cc2ccc(C#N)cc2)cc1Cl. The molecule has 0 saturated carbocycles. The Kier molecular flexibility index (Phi) is 5.40. The van der Waals surface area contributed by atoms with E-state index >= 15 is 0 Å². The number of allylic oxidation sites excluding steroid dienone is 1. The van der Waals surface area contributed by atoms with Crippen LogP contribution in [0.3, 0.4) is 0 Å². The van der Waals surface area contributed by atoms with Gasteiger partial charge in [0.25, 0.3) is 0 Å². The van der Waals surface area contributed by atoms with Gasteiger partial charge in [0.2, 0.25) is 0 Å². The Morgan fingerprint density at radius 3 is 2.35 bits per heavy atom. The van der Waals surface area contributed by atoms with Gasteiger partial charge >= 0.3 is 0 Å². The first-order chi connectivity index (χ1) is 11.1. The van der Waals surface area contributed by atoms with Gasteiger partial charge in [-0.3, -0.25) is 4.79 Å². The van der Waals surface area contributed by atoms with Crippen molar-refractivity contribution in [2.75, 3.05) is 14.2 Å². The fourth-order valence-electron chi connectivity index (χ4n) is 1.98. The third-order valence-electron chi connectivity index (χ3n) is 3.21. The van der Waals surface area contributed by atoms with Crippen molar-refractivity contribution < 1.29 is 14.3 Å². The molecule has 0 radical (unpaired) electrons. The van der Waals surface area contributed by atoms with Crippen LogP contribution in [0.5, 0.6) is 11.5 Å². The molecule has 0 saturated heterocycles. The molecule has 4 nitrogen and oxygen atoms in total. The van der Waals surface area contributed by atoms with Crippen molar-refractivity contribution in [2.24, 2.45) is 0 Å². The lowest BCUT2D eigenvalue weighted by molar-refractivity contribution is 0.104. The highest BCUT2D eigenvalue weighted by atomic mass is 35.5. The monoisotopic (exact) mass is 327 g/mol. The van der Waals surface area contributed by atoms with Gasteiger partial charge in [0, 0.05) is 6.07 Å². The molecule has 5 heteroatoms. The van der Waals surface area contributed by atoms with Crippen molar-refractivity contribution >= 4 is 23.5 Å². The molecule has 2 rings (SSSR count). The summed E-state index contributed by atoms with van der Waals surface area (Å²) in [7, 11) is 2.97. The van der Waals surface area contributed by atoms with Crippen LogP contribution in [-0.2, 0) is 0 Å². The van der Waals surface area contributed by atoms with Crippen LogP contribution < -0.4 is 9.47 Å². The van der Waals surface area contributed by atoms with E-state index in [9.17, 15) is 4.79 Å². The molecule has 23 heavy (non-hydrogen) atoms. The summed E-state index contributed by atoms with van der Waals surface area (Å²) in [5.74, 6) is 0.590. The molecule has 0 amide bonds. The summed E-state index contributed by atoms with van der Waals surface area (Å²) in [6.45, 7) is 0. The van der Waals surface area contributed by atoms with Crippen molar-refractivity contribution in [3.8, 4) is 17.6 Å². The number of carbonyl (C=O) groups is 1. The first-order valence-corrected chi connectivity index (χ1v) is 7.11. The lowest BCUT2D eigenvalue weighted by Gasteiger charge is -2.10. The normalized spacial score (nSPS) is 10.3. The number of carbonyl (C=O) groups excluding carboxylic acids is 1.